The minimum atomic E-state index is -0.306. The lowest BCUT2D eigenvalue weighted by atomic mass is 10.2. The standard InChI is InChI=1S/C12H20N4O2S/c1-15(8-12(13)17)5-10-6-16(2-3-18-10)7-11-4-14-9-19-11/h4,9-10H,2-3,5-8H2,1H3,(H2,13,17)/t10-/m1/s1. The third kappa shape index (κ3) is 4.87. The molecule has 0 aliphatic carbocycles. The van der Waals surface area contributed by atoms with Gasteiger partial charge in [-0.15, -0.1) is 11.3 Å². The molecule has 1 aromatic rings. The van der Waals surface area contributed by atoms with Gasteiger partial charge in [0.05, 0.1) is 24.8 Å². The molecule has 106 valence electrons. The van der Waals surface area contributed by atoms with Gasteiger partial charge in [0.15, 0.2) is 0 Å². The molecule has 19 heavy (non-hydrogen) atoms. The number of nitrogens with two attached hydrogens (primary N) is 1. The van der Waals surface area contributed by atoms with Crippen molar-refractivity contribution in [1.82, 2.24) is 14.8 Å². The molecule has 1 saturated heterocycles. The zero-order valence-electron chi connectivity index (χ0n) is 11.1. The molecule has 1 fully saturated rings. The van der Waals surface area contributed by atoms with E-state index in [1.807, 2.05) is 23.7 Å². The largest absolute Gasteiger partial charge is 0.374 e. The van der Waals surface area contributed by atoms with Gasteiger partial charge in [-0.05, 0) is 7.05 Å². The SMILES string of the molecule is CN(CC(N)=O)C[C@@H]1CN(Cc2cncs2)CCO1. The molecule has 2 heterocycles. The topological polar surface area (TPSA) is 71.7 Å². The van der Waals surface area contributed by atoms with Crippen LogP contribution in [0.5, 0.6) is 0 Å². The van der Waals surface area contributed by atoms with Gasteiger partial charge in [0.25, 0.3) is 0 Å². The van der Waals surface area contributed by atoms with Gasteiger partial charge < -0.3 is 10.5 Å². The number of thiazole rings is 1. The van der Waals surface area contributed by atoms with Crippen LogP contribution in [0.2, 0.25) is 0 Å². The fourth-order valence-electron chi connectivity index (χ4n) is 2.25. The summed E-state index contributed by atoms with van der Waals surface area (Å²) in [6, 6.07) is 0. The van der Waals surface area contributed by atoms with Crippen LogP contribution in [0.15, 0.2) is 11.7 Å². The number of rotatable bonds is 6. The van der Waals surface area contributed by atoms with Gasteiger partial charge in [-0.25, -0.2) is 0 Å². The van der Waals surface area contributed by atoms with E-state index in [0.29, 0.717) is 0 Å². The van der Waals surface area contributed by atoms with Crippen LogP contribution in [-0.2, 0) is 16.1 Å². The fourth-order valence-corrected chi connectivity index (χ4v) is 2.89. The number of aromatic nitrogens is 1. The Morgan fingerprint density at radius 1 is 1.74 bits per heavy atom. The molecule has 0 unspecified atom stereocenters. The average Bonchev–Trinajstić information content (AvgIpc) is 2.81. The molecule has 1 amide bonds. The van der Waals surface area contributed by atoms with Gasteiger partial charge in [-0.1, -0.05) is 0 Å². The van der Waals surface area contributed by atoms with E-state index in [1.165, 1.54) is 4.88 Å². The maximum absolute atomic E-state index is 10.9. The summed E-state index contributed by atoms with van der Waals surface area (Å²) >= 11 is 1.67. The van der Waals surface area contributed by atoms with E-state index in [4.69, 9.17) is 10.5 Å². The van der Waals surface area contributed by atoms with Crippen LogP contribution < -0.4 is 5.73 Å². The van der Waals surface area contributed by atoms with Crippen molar-refractivity contribution in [2.24, 2.45) is 5.73 Å². The summed E-state index contributed by atoms with van der Waals surface area (Å²) < 4.78 is 5.73. The van der Waals surface area contributed by atoms with Gasteiger partial charge in [-0.3, -0.25) is 19.6 Å². The van der Waals surface area contributed by atoms with E-state index in [1.54, 1.807) is 11.3 Å². The van der Waals surface area contributed by atoms with Crippen LogP contribution in [0.25, 0.3) is 0 Å². The number of likely N-dealkylation sites (N-methyl/N-ethyl adjacent to an activating group) is 1. The van der Waals surface area contributed by atoms with Crippen LogP contribution in [0.1, 0.15) is 4.88 Å². The molecule has 0 saturated carbocycles. The predicted octanol–water partition coefficient (Wildman–Crippen LogP) is -0.239. The Morgan fingerprint density at radius 2 is 2.58 bits per heavy atom. The van der Waals surface area contributed by atoms with Crippen molar-refractivity contribution in [2.45, 2.75) is 12.6 Å². The zero-order valence-corrected chi connectivity index (χ0v) is 11.9. The van der Waals surface area contributed by atoms with Crippen molar-refractivity contribution in [3.8, 4) is 0 Å². The summed E-state index contributed by atoms with van der Waals surface area (Å²) in [6.07, 6.45) is 2.04. The van der Waals surface area contributed by atoms with Gasteiger partial charge in [0.1, 0.15) is 0 Å². The molecule has 1 aliphatic rings. The number of hydrogen-bond donors (Lipinski definition) is 1. The van der Waals surface area contributed by atoms with Crippen molar-refractivity contribution >= 4 is 17.2 Å². The van der Waals surface area contributed by atoms with Gasteiger partial charge in [-0.2, -0.15) is 0 Å². The van der Waals surface area contributed by atoms with Crippen LogP contribution >= 0.6 is 11.3 Å². The Balaban J connectivity index is 1.78. The molecule has 2 rings (SSSR count). The van der Waals surface area contributed by atoms with E-state index in [2.05, 4.69) is 9.88 Å². The van der Waals surface area contributed by atoms with E-state index in [-0.39, 0.29) is 18.6 Å². The smallest absolute Gasteiger partial charge is 0.231 e. The molecule has 0 aromatic carbocycles. The van der Waals surface area contributed by atoms with Crippen molar-refractivity contribution in [1.29, 1.82) is 0 Å². The van der Waals surface area contributed by atoms with Crippen molar-refractivity contribution in [3.63, 3.8) is 0 Å². The van der Waals surface area contributed by atoms with Gasteiger partial charge in [0.2, 0.25) is 5.91 Å². The lowest BCUT2D eigenvalue weighted by molar-refractivity contribution is -0.119. The van der Waals surface area contributed by atoms with Crippen molar-refractivity contribution < 1.29 is 9.53 Å². The highest BCUT2D eigenvalue weighted by Crippen LogP contribution is 2.13. The van der Waals surface area contributed by atoms with E-state index < -0.39 is 0 Å². The van der Waals surface area contributed by atoms with Gasteiger partial charge >= 0.3 is 0 Å². The number of carbonyl (C=O) groups excluding carboxylic acids is 1. The minimum Gasteiger partial charge on any atom is -0.374 e. The van der Waals surface area contributed by atoms with Crippen LogP contribution in [0.4, 0.5) is 0 Å². The summed E-state index contributed by atoms with van der Waals surface area (Å²) in [7, 11) is 1.89. The maximum Gasteiger partial charge on any atom is 0.231 e. The first-order chi connectivity index (χ1) is 9.13. The van der Waals surface area contributed by atoms with E-state index in [9.17, 15) is 4.79 Å². The minimum absolute atomic E-state index is 0.131. The second kappa shape index (κ2) is 6.95. The molecule has 6 nitrogen and oxygen atoms in total. The first-order valence-electron chi connectivity index (χ1n) is 6.31. The Hall–Kier alpha value is -1.02. The number of amides is 1. The number of nitrogens with zero attached hydrogens (tertiary/aromatic N) is 3. The maximum atomic E-state index is 10.9. The monoisotopic (exact) mass is 284 g/mol. The molecule has 1 aromatic heterocycles. The molecule has 2 N–H and O–H groups in total. The lowest BCUT2D eigenvalue weighted by Crippen LogP contribution is -2.47. The third-order valence-corrected chi connectivity index (χ3v) is 3.79. The number of hydrogen-bond acceptors (Lipinski definition) is 6. The van der Waals surface area contributed by atoms with Crippen LogP contribution in [0, 0.1) is 0 Å². The molecule has 0 bridgehead atoms. The number of primary amides is 1. The van der Waals surface area contributed by atoms with Crippen molar-refractivity contribution in [2.75, 3.05) is 39.8 Å². The van der Waals surface area contributed by atoms with E-state index >= 15 is 0 Å². The lowest BCUT2D eigenvalue weighted by Gasteiger charge is -2.34. The molecular formula is C12H20N4O2S. The number of carbonyl (C=O) groups is 1. The second-order valence-electron chi connectivity index (χ2n) is 4.86. The van der Waals surface area contributed by atoms with E-state index in [0.717, 1.165) is 32.8 Å². The van der Waals surface area contributed by atoms with Crippen molar-refractivity contribution in [3.05, 3.63) is 16.6 Å². The highest BCUT2D eigenvalue weighted by molar-refractivity contribution is 7.09. The molecule has 1 aliphatic heterocycles. The summed E-state index contributed by atoms with van der Waals surface area (Å²) in [6.45, 7) is 4.46. The molecule has 7 heteroatoms. The van der Waals surface area contributed by atoms with Crippen LogP contribution in [-0.4, -0.2) is 66.6 Å². The highest BCUT2D eigenvalue weighted by Gasteiger charge is 2.22. The van der Waals surface area contributed by atoms with Gasteiger partial charge in [0, 0.05) is 37.3 Å². The zero-order chi connectivity index (χ0) is 13.7. The summed E-state index contributed by atoms with van der Waals surface area (Å²) in [5.41, 5.74) is 7.03. The molecule has 0 radical (unpaired) electrons. The Kier molecular flexibility index (Phi) is 5.26. The summed E-state index contributed by atoms with van der Waals surface area (Å²) in [4.78, 5) is 20.5. The highest BCUT2D eigenvalue weighted by atomic mass is 32.1. The quantitative estimate of drug-likeness (QED) is 0.781. The summed E-state index contributed by atoms with van der Waals surface area (Å²) in [5, 5.41) is 0. The van der Waals surface area contributed by atoms with Crippen LogP contribution in [0.3, 0.4) is 0 Å². The summed E-state index contributed by atoms with van der Waals surface area (Å²) in [5.74, 6) is -0.306. The normalized spacial score (nSPS) is 20.8. The Labute approximate surface area is 117 Å². The molecule has 0 spiro atoms. The fraction of sp³-hybridized carbons (Fsp3) is 0.667. The predicted molar refractivity (Wildman–Crippen MR) is 73.8 cm³/mol. The third-order valence-electron chi connectivity index (χ3n) is 3.03. The first-order valence-corrected chi connectivity index (χ1v) is 7.19. The molecule has 1 atom stereocenters. The first kappa shape index (κ1) is 14.4. The second-order valence-corrected chi connectivity index (χ2v) is 5.83. The molecular weight excluding hydrogens is 264 g/mol. The Morgan fingerprint density at radius 3 is 3.26 bits per heavy atom. The Bertz CT molecular complexity index is 398. The number of morpholine rings is 1. The number of ether oxygens (including phenoxy) is 1. The average molecular weight is 284 g/mol.